The third-order valence-electron chi connectivity index (χ3n) is 12.7. The van der Waals surface area contributed by atoms with Crippen molar-refractivity contribution in [3.8, 4) is 6.07 Å². The van der Waals surface area contributed by atoms with Gasteiger partial charge in [0.05, 0.1) is 11.0 Å². The van der Waals surface area contributed by atoms with Crippen molar-refractivity contribution in [1.82, 2.24) is 5.48 Å². The highest BCUT2D eigenvalue weighted by Gasteiger charge is 2.72. The van der Waals surface area contributed by atoms with Crippen LogP contribution in [0.4, 0.5) is 0 Å². The van der Waals surface area contributed by atoms with E-state index in [1.165, 1.54) is 0 Å². The van der Waals surface area contributed by atoms with Gasteiger partial charge in [-0.05, 0) is 84.4 Å². The number of hydroxylamine groups is 1. The third kappa shape index (κ3) is 3.01. The molecule has 6 heteroatoms. The van der Waals surface area contributed by atoms with E-state index < -0.39 is 10.8 Å². The van der Waals surface area contributed by atoms with Crippen molar-refractivity contribution in [3.63, 3.8) is 0 Å². The van der Waals surface area contributed by atoms with Gasteiger partial charge in [0.1, 0.15) is 11.9 Å². The van der Waals surface area contributed by atoms with Crippen molar-refractivity contribution < 1.29 is 19.6 Å². The summed E-state index contributed by atoms with van der Waals surface area (Å²) in [5.74, 6) is -0.510. The van der Waals surface area contributed by atoms with Gasteiger partial charge in [-0.15, -0.1) is 0 Å². The van der Waals surface area contributed by atoms with Crippen LogP contribution in [0.5, 0.6) is 0 Å². The average Bonchev–Trinajstić information content (AvgIpc) is 2.82. The molecule has 0 heterocycles. The minimum atomic E-state index is -0.700. The maximum atomic E-state index is 14.3. The van der Waals surface area contributed by atoms with E-state index in [-0.39, 0.29) is 68.9 Å². The van der Waals surface area contributed by atoms with Crippen LogP contribution in [0, 0.1) is 68.0 Å². The van der Waals surface area contributed by atoms with E-state index in [0.717, 1.165) is 32.1 Å². The van der Waals surface area contributed by atoms with Gasteiger partial charge in [0.15, 0.2) is 5.78 Å². The molecule has 0 aromatic heterocycles. The SMILES string of the molecule is C[C@@H]1C(=O)C(C#N)=C[C@]2(C)[C@H]3CC(=O)C4C5CC(C)(C)CC[C@]5(C(=O)NO)CC[C@@]4(C)[C@]3(C)CC[C@@H]12. The molecule has 5 aliphatic rings. The van der Waals surface area contributed by atoms with Crippen LogP contribution in [0.1, 0.15) is 92.9 Å². The van der Waals surface area contributed by atoms with Gasteiger partial charge < -0.3 is 0 Å². The van der Waals surface area contributed by atoms with E-state index in [2.05, 4.69) is 40.7 Å². The van der Waals surface area contributed by atoms with Crippen LogP contribution < -0.4 is 5.48 Å². The molecule has 36 heavy (non-hydrogen) atoms. The van der Waals surface area contributed by atoms with Crippen LogP contribution in [-0.2, 0) is 14.4 Å². The molecule has 4 fully saturated rings. The predicted molar refractivity (Wildman–Crippen MR) is 134 cm³/mol. The first kappa shape index (κ1) is 25.6. The number of hydrogen-bond donors (Lipinski definition) is 2. The minimum absolute atomic E-state index is 0.0351. The maximum Gasteiger partial charge on any atom is 0.249 e. The second-order valence-electron chi connectivity index (χ2n) is 14.4. The number of carbonyl (C=O) groups excluding carboxylic acids is 3. The number of Topliss-reactive ketones (excluding diaryl/α,β-unsaturated/α-hetero) is 2. The summed E-state index contributed by atoms with van der Waals surface area (Å²) in [5.41, 5.74) is 0.736. The average molecular weight is 495 g/mol. The zero-order valence-corrected chi connectivity index (χ0v) is 22.7. The summed E-state index contributed by atoms with van der Waals surface area (Å²) in [6, 6.07) is 2.16. The van der Waals surface area contributed by atoms with Gasteiger partial charge in [0.2, 0.25) is 5.91 Å². The van der Waals surface area contributed by atoms with Gasteiger partial charge in [0, 0.05) is 18.3 Å². The lowest BCUT2D eigenvalue weighted by Crippen LogP contribution is -2.69. The van der Waals surface area contributed by atoms with E-state index in [0.29, 0.717) is 19.3 Å². The Bertz CT molecular complexity index is 1100. The fraction of sp³-hybridized carbons (Fsp3) is 0.800. The number of nitriles is 1. The molecule has 5 rings (SSSR count). The topological polar surface area (TPSA) is 107 Å². The second-order valence-corrected chi connectivity index (χ2v) is 14.4. The summed E-state index contributed by atoms with van der Waals surface area (Å²) in [4.78, 5) is 40.4. The molecule has 0 saturated heterocycles. The highest BCUT2D eigenvalue weighted by molar-refractivity contribution is 6.02. The third-order valence-corrected chi connectivity index (χ3v) is 12.7. The summed E-state index contributed by atoms with van der Waals surface area (Å²) >= 11 is 0. The maximum absolute atomic E-state index is 14.3. The molecular formula is C30H42N2O4. The van der Waals surface area contributed by atoms with E-state index in [4.69, 9.17) is 0 Å². The predicted octanol–water partition coefficient (Wildman–Crippen LogP) is 5.40. The molecule has 4 saturated carbocycles. The Morgan fingerprint density at radius 2 is 1.69 bits per heavy atom. The second kappa shape index (κ2) is 7.76. The molecule has 5 aliphatic carbocycles. The van der Waals surface area contributed by atoms with E-state index in [1.54, 1.807) is 0 Å². The van der Waals surface area contributed by atoms with E-state index >= 15 is 0 Å². The zero-order valence-electron chi connectivity index (χ0n) is 22.7. The number of allylic oxidation sites excluding steroid dienone is 2. The lowest BCUT2D eigenvalue weighted by atomic mass is 9.32. The van der Waals surface area contributed by atoms with Crippen molar-refractivity contribution in [1.29, 1.82) is 5.26 Å². The van der Waals surface area contributed by atoms with Crippen LogP contribution in [0.3, 0.4) is 0 Å². The number of fused-ring (bicyclic) bond motifs is 7. The number of nitrogens with zero attached hydrogens (tertiary/aromatic N) is 1. The molecule has 0 aromatic rings. The molecule has 9 atom stereocenters. The molecule has 0 spiro atoms. The Hall–Kier alpha value is -2.00. The number of ketones is 2. The Morgan fingerprint density at radius 3 is 2.33 bits per heavy atom. The molecule has 6 nitrogen and oxygen atoms in total. The Kier molecular flexibility index (Phi) is 5.53. The molecule has 196 valence electrons. The number of nitrogens with one attached hydrogen (secondary N) is 1. The molecule has 0 radical (unpaired) electrons. The van der Waals surface area contributed by atoms with Crippen molar-refractivity contribution in [2.24, 2.45) is 56.7 Å². The van der Waals surface area contributed by atoms with Crippen LogP contribution in [-0.4, -0.2) is 22.7 Å². The summed E-state index contributed by atoms with van der Waals surface area (Å²) in [5, 5.41) is 19.5. The van der Waals surface area contributed by atoms with Crippen molar-refractivity contribution >= 4 is 17.5 Å². The number of rotatable bonds is 1. The fourth-order valence-electron chi connectivity index (χ4n) is 10.4. The first-order valence-corrected chi connectivity index (χ1v) is 13.9. The first-order chi connectivity index (χ1) is 16.7. The van der Waals surface area contributed by atoms with E-state index in [9.17, 15) is 24.9 Å². The highest BCUT2D eigenvalue weighted by atomic mass is 16.5. The molecule has 1 amide bonds. The normalized spacial score (nSPS) is 49.4. The number of amides is 1. The smallest absolute Gasteiger partial charge is 0.249 e. The lowest BCUT2D eigenvalue weighted by Gasteiger charge is -2.71. The first-order valence-electron chi connectivity index (χ1n) is 13.9. The van der Waals surface area contributed by atoms with Crippen LogP contribution in [0.25, 0.3) is 0 Å². The fourth-order valence-corrected chi connectivity index (χ4v) is 10.4. The summed E-state index contributed by atoms with van der Waals surface area (Å²) in [6.45, 7) is 13.3. The van der Waals surface area contributed by atoms with Crippen molar-refractivity contribution in [2.45, 2.75) is 92.9 Å². The molecule has 2 unspecified atom stereocenters. The Balaban J connectivity index is 1.63. The van der Waals surface area contributed by atoms with Crippen LogP contribution in [0.15, 0.2) is 11.6 Å². The number of hydrogen-bond acceptors (Lipinski definition) is 5. The van der Waals surface area contributed by atoms with Crippen molar-refractivity contribution in [2.75, 3.05) is 0 Å². The van der Waals surface area contributed by atoms with Gasteiger partial charge >= 0.3 is 0 Å². The molecule has 0 bridgehead atoms. The molecule has 2 N–H and O–H groups in total. The molecule has 0 aliphatic heterocycles. The van der Waals surface area contributed by atoms with Gasteiger partial charge in [-0.3, -0.25) is 19.6 Å². The minimum Gasteiger partial charge on any atom is -0.299 e. The van der Waals surface area contributed by atoms with Crippen molar-refractivity contribution in [3.05, 3.63) is 11.6 Å². The molecule has 0 aromatic carbocycles. The van der Waals surface area contributed by atoms with Gasteiger partial charge in [-0.2, -0.15) is 5.26 Å². The summed E-state index contributed by atoms with van der Waals surface area (Å²) < 4.78 is 0. The largest absolute Gasteiger partial charge is 0.299 e. The van der Waals surface area contributed by atoms with Gasteiger partial charge in [-0.25, -0.2) is 5.48 Å². The Morgan fingerprint density at radius 1 is 1.03 bits per heavy atom. The van der Waals surface area contributed by atoms with Gasteiger partial charge in [-0.1, -0.05) is 47.6 Å². The Labute approximate surface area is 215 Å². The lowest BCUT2D eigenvalue weighted by molar-refractivity contribution is -0.220. The van der Waals surface area contributed by atoms with Crippen LogP contribution >= 0.6 is 0 Å². The van der Waals surface area contributed by atoms with Crippen LogP contribution in [0.2, 0.25) is 0 Å². The monoisotopic (exact) mass is 494 g/mol. The summed E-state index contributed by atoms with van der Waals surface area (Å²) in [6.07, 6.45) is 8.05. The summed E-state index contributed by atoms with van der Waals surface area (Å²) in [7, 11) is 0. The van der Waals surface area contributed by atoms with E-state index in [1.807, 2.05) is 18.5 Å². The van der Waals surface area contributed by atoms with Gasteiger partial charge in [0.25, 0.3) is 0 Å². The zero-order chi connectivity index (χ0) is 26.5. The quantitative estimate of drug-likeness (QED) is 0.375. The standard InChI is InChI=1S/C30H42N2O4/c1-17-19-7-8-28(5)22(27(19,4)14-18(16-31)24(17)34)13-21(33)23-20-15-26(2,3)9-11-30(20,25(35)32-36)12-10-29(23,28)6/h14,17,19-20,22-23,36H,7-13,15H2,1-6H3,(H,32,35)/t17-,19-,20?,22+,23?,27-,28+,29+,30-/m0/s1. The number of carbonyl (C=O) groups is 3. The highest BCUT2D eigenvalue weighted by Crippen LogP contribution is 2.75. The molecular weight excluding hydrogens is 452 g/mol.